The van der Waals surface area contributed by atoms with Crippen LogP contribution in [0.5, 0.6) is 5.75 Å². The van der Waals surface area contributed by atoms with Crippen LogP contribution in [0.2, 0.25) is 0 Å². The number of hydrogen-bond acceptors (Lipinski definition) is 4. The van der Waals surface area contributed by atoms with Crippen molar-refractivity contribution in [1.29, 1.82) is 0 Å². The van der Waals surface area contributed by atoms with Crippen molar-refractivity contribution in [3.63, 3.8) is 0 Å². The van der Waals surface area contributed by atoms with E-state index in [9.17, 15) is 10.1 Å². The van der Waals surface area contributed by atoms with E-state index in [1.165, 1.54) is 12.1 Å². The second-order valence-corrected chi connectivity index (χ2v) is 5.21. The number of alkyl halides is 1. The first-order valence-electron chi connectivity index (χ1n) is 5.83. The molecule has 0 spiro atoms. The monoisotopic (exact) mass is 359 g/mol. The molecule has 0 aliphatic carbocycles. The van der Waals surface area contributed by atoms with E-state index in [-0.39, 0.29) is 5.88 Å². The normalized spacial score (nSPS) is 12.2. The summed E-state index contributed by atoms with van der Waals surface area (Å²) in [6.07, 6.45) is 0. The van der Waals surface area contributed by atoms with E-state index in [0.29, 0.717) is 18.1 Å². The second kappa shape index (κ2) is 6.28. The lowest BCUT2D eigenvalue weighted by Gasteiger charge is -2.10. The van der Waals surface area contributed by atoms with Crippen LogP contribution < -0.4 is 4.74 Å². The molecule has 0 radical (unpaired) electrons. The summed E-state index contributed by atoms with van der Waals surface area (Å²) in [5.41, 5.74) is 0.756. The molecule has 106 valence electrons. The number of rotatable bonds is 5. The van der Waals surface area contributed by atoms with Gasteiger partial charge in [-0.25, -0.2) is 0 Å². The molecule has 1 aromatic carbocycles. The predicted molar refractivity (Wildman–Crippen MR) is 78.4 cm³/mol. The van der Waals surface area contributed by atoms with Crippen LogP contribution in [0, 0.1) is 10.1 Å². The van der Waals surface area contributed by atoms with Gasteiger partial charge in [0.15, 0.2) is 0 Å². The van der Waals surface area contributed by atoms with Crippen molar-refractivity contribution in [3.05, 3.63) is 56.2 Å². The van der Waals surface area contributed by atoms with Gasteiger partial charge >= 0.3 is 5.88 Å². The lowest BCUT2D eigenvalue weighted by Crippen LogP contribution is -1.95. The first kappa shape index (κ1) is 14.9. The van der Waals surface area contributed by atoms with E-state index in [0.717, 1.165) is 10.0 Å². The number of ether oxygens (including phenoxy) is 1. The van der Waals surface area contributed by atoms with E-state index < -0.39 is 10.3 Å². The molecule has 0 bridgehead atoms. The molecule has 1 heterocycles. The molecule has 5 nitrogen and oxygen atoms in total. The molecular formula is C13H11BrClNO4. The zero-order chi connectivity index (χ0) is 14.7. The van der Waals surface area contributed by atoms with Gasteiger partial charge < -0.3 is 9.15 Å². The second-order valence-electron chi connectivity index (χ2n) is 3.92. The molecule has 20 heavy (non-hydrogen) atoms. The van der Waals surface area contributed by atoms with Crippen molar-refractivity contribution >= 4 is 33.4 Å². The summed E-state index contributed by atoms with van der Waals surface area (Å²) in [4.78, 5) is 9.99. The quantitative estimate of drug-likeness (QED) is 0.441. The fourth-order valence-electron chi connectivity index (χ4n) is 1.69. The van der Waals surface area contributed by atoms with Crippen LogP contribution in [0.1, 0.15) is 23.6 Å². The Kier molecular flexibility index (Phi) is 4.67. The zero-order valence-electron chi connectivity index (χ0n) is 10.5. The van der Waals surface area contributed by atoms with Gasteiger partial charge in [-0.3, -0.25) is 10.1 Å². The Morgan fingerprint density at radius 1 is 1.45 bits per heavy atom. The van der Waals surface area contributed by atoms with Gasteiger partial charge in [0.25, 0.3) is 0 Å². The Bertz CT molecular complexity index is 629. The highest BCUT2D eigenvalue weighted by Crippen LogP contribution is 2.35. The average Bonchev–Trinajstić information content (AvgIpc) is 2.90. The minimum atomic E-state index is -0.601. The molecule has 1 aromatic heterocycles. The summed E-state index contributed by atoms with van der Waals surface area (Å²) >= 11 is 9.67. The van der Waals surface area contributed by atoms with Gasteiger partial charge in [0.1, 0.15) is 21.8 Å². The molecular weight excluding hydrogens is 350 g/mol. The van der Waals surface area contributed by atoms with Gasteiger partial charge in [0.2, 0.25) is 0 Å². The molecule has 0 saturated heterocycles. The number of hydrogen-bond donors (Lipinski definition) is 0. The summed E-state index contributed by atoms with van der Waals surface area (Å²) in [6.45, 7) is 2.46. The third-order valence-electron chi connectivity index (χ3n) is 2.59. The van der Waals surface area contributed by atoms with Crippen molar-refractivity contribution in [1.82, 2.24) is 0 Å². The highest BCUT2D eigenvalue weighted by molar-refractivity contribution is 9.10. The van der Waals surface area contributed by atoms with Crippen molar-refractivity contribution in [3.8, 4) is 5.75 Å². The van der Waals surface area contributed by atoms with Crippen molar-refractivity contribution < 1.29 is 14.1 Å². The number of benzene rings is 1. The Hall–Kier alpha value is -1.53. The standard InChI is InChI=1S/C13H11BrClNO4/c1-2-19-10-4-3-8(7-9(10)14)13(15)11-5-6-12(20-11)16(17)18/h3-7,13H,2H2,1H3. The third-order valence-corrected chi connectivity index (χ3v) is 3.68. The van der Waals surface area contributed by atoms with Gasteiger partial charge in [0.05, 0.1) is 17.1 Å². The van der Waals surface area contributed by atoms with Gasteiger partial charge in [-0.2, -0.15) is 0 Å². The molecule has 1 atom stereocenters. The van der Waals surface area contributed by atoms with Crippen LogP contribution in [0.25, 0.3) is 0 Å². The maximum Gasteiger partial charge on any atom is 0.433 e. The van der Waals surface area contributed by atoms with Crippen LogP contribution in [-0.4, -0.2) is 11.5 Å². The van der Waals surface area contributed by atoms with Crippen molar-refractivity contribution in [2.45, 2.75) is 12.3 Å². The van der Waals surface area contributed by atoms with Gasteiger partial charge in [-0.05, 0) is 46.6 Å². The zero-order valence-corrected chi connectivity index (χ0v) is 12.8. The van der Waals surface area contributed by atoms with Crippen LogP contribution in [0.15, 0.2) is 39.2 Å². The van der Waals surface area contributed by atoms with E-state index in [1.54, 1.807) is 18.2 Å². The first-order valence-corrected chi connectivity index (χ1v) is 7.06. The molecule has 2 rings (SSSR count). The highest BCUT2D eigenvalue weighted by Gasteiger charge is 2.20. The van der Waals surface area contributed by atoms with E-state index in [1.807, 2.05) is 6.92 Å². The summed E-state index contributed by atoms with van der Waals surface area (Å²) < 4.78 is 11.3. The van der Waals surface area contributed by atoms with E-state index in [4.69, 9.17) is 20.8 Å². The first-order chi connectivity index (χ1) is 9.52. The smallest absolute Gasteiger partial charge is 0.433 e. The maximum absolute atomic E-state index is 10.6. The predicted octanol–water partition coefficient (Wildman–Crippen LogP) is 4.68. The average molecular weight is 361 g/mol. The van der Waals surface area contributed by atoms with Crippen LogP contribution in [0.3, 0.4) is 0 Å². The lowest BCUT2D eigenvalue weighted by atomic mass is 10.1. The van der Waals surface area contributed by atoms with Crippen LogP contribution >= 0.6 is 27.5 Å². The number of furan rings is 1. The van der Waals surface area contributed by atoms with Gasteiger partial charge in [-0.15, -0.1) is 11.6 Å². The van der Waals surface area contributed by atoms with E-state index in [2.05, 4.69) is 15.9 Å². The van der Waals surface area contributed by atoms with Crippen LogP contribution in [-0.2, 0) is 0 Å². The topological polar surface area (TPSA) is 65.5 Å². The van der Waals surface area contributed by atoms with Crippen molar-refractivity contribution in [2.75, 3.05) is 6.61 Å². The fourth-order valence-corrected chi connectivity index (χ4v) is 2.45. The molecule has 0 fully saturated rings. The highest BCUT2D eigenvalue weighted by atomic mass is 79.9. The summed E-state index contributed by atoms with van der Waals surface area (Å²) in [6, 6.07) is 8.17. The number of nitro groups is 1. The Morgan fingerprint density at radius 2 is 2.20 bits per heavy atom. The molecule has 0 amide bonds. The number of halogens is 2. The molecule has 1 unspecified atom stereocenters. The molecule has 2 aromatic rings. The SMILES string of the molecule is CCOc1ccc(C(Cl)c2ccc([N+](=O)[O-])o2)cc1Br. The Morgan fingerprint density at radius 3 is 2.75 bits per heavy atom. The van der Waals surface area contributed by atoms with Crippen LogP contribution in [0.4, 0.5) is 5.88 Å². The largest absolute Gasteiger partial charge is 0.493 e. The van der Waals surface area contributed by atoms with Crippen molar-refractivity contribution in [2.24, 2.45) is 0 Å². The maximum atomic E-state index is 10.6. The molecule has 0 aliphatic rings. The minimum Gasteiger partial charge on any atom is -0.493 e. The minimum absolute atomic E-state index is 0.323. The summed E-state index contributed by atoms with van der Waals surface area (Å²) in [7, 11) is 0. The Balaban J connectivity index is 2.25. The summed E-state index contributed by atoms with van der Waals surface area (Å²) in [5.74, 6) is 0.718. The number of nitrogens with zero attached hydrogens (tertiary/aromatic N) is 1. The Labute approximate surface area is 128 Å². The van der Waals surface area contributed by atoms with E-state index >= 15 is 0 Å². The molecule has 0 aliphatic heterocycles. The third kappa shape index (κ3) is 3.13. The molecule has 0 saturated carbocycles. The lowest BCUT2D eigenvalue weighted by molar-refractivity contribution is -0.402. The van der Waals surface area contributed by atoms with Gasteiger partial charge in [0, 0.05) is 0 Å². The van der Waals surface area contributed by atoms with Gasteiger partial charge in [-0.1, -0.05) is 6.07 Å². The summed E-state index contributed by atoms with van der Waals surface area (Å²) in [5, 5.41) is 9.99. The molecule has 0 N–H and O–H groups in total. The fraction of sp³-hybridized carbons (Fsp3) is 0.231. The molecule has 7 heteroatoms.